The van der Waals surface area contributed by atoms with Gasteiger partial charge >= 0.3 is 0 Å². The van der Waals surface area contributed by atoms with Crippen LogP contribution in [0, 0.1) is 11.8 Å². The van der Waals surface area contributed by atoms with Crippen molar-refractivity contribution >= 4 is 34.9 Å². The van der Waals surface area contributed by atoms with E-state index in [0.29, 0.717) is 24.5 Å². The van der Waals surface area contributed by atoms with Crippen molar-refractivity contribution in [3.8, 4) is 0 Å². The van der Waals surface area contributed by atoms with Crippen molar-refractivity contribution in [1.82, 2.24) is 14.9 Å². The lowest BCUT2D eigenvalue weighted by Gasteiger charge is -2.54. The normalized spacial score (nSPS) is 22.3. The van der Waals surface area contributed by atoms with Gasteiger partial charge in [0, 0.05) is 74.3 Å². The fourth-order valence-electron chi connectivity index (χ4n) is 6.68. The number of hydrogen-bond donors (Lipinski definition) is 3. The first-order valence-electron chi connectivity index (χ1n) is 13.7. The summed E-state index contributed by atoms with van der Waals surface area (Å²) in [6, 6.07) is 16.4. The van der Waals surface area contributed by atoms with Crippen molar-refractivity contribution in [2.75, 3.05) is 28.6 Å². The molecule has 0 aliphatic carbocycles. The molecule has 5 heterocycles. The lowest BCUT2D eigenvalue weighted by Crippen LogP contribution is -2.60. The molecule has 4 atom stereocenters. The van der Waals surface area contributed by atoms with Crippen molar-refractivity contribution in [3.05, 3.63) is 82.4 Å². The van der Waals surface area contributed by atoms with Gasteiger partial charge in [0.05, 0.1) is 5.92 Å². The summed E-state index contributed by atoms with van der Waals surface area (Å²) in [5.41, 5.74) is 3.74. The number of anilines is 3. The topological polar surface area (TPSA) is 125 Å². The molecule has 1 fully saturated rings. The first-order chi connectivity index (χ1) is 19.4. The molecule has 3 amide bonds. The van der Waals surface area contributed by atoms with Gasteiger partial charge in [-0.25, -0.2) is 4.98 Å². The maximum absolute atomic E-state index is 13.8. The van der Waals surface area contributed by atoms with E-state index in [4.69, 9.17) is 0 Å². The van der Waals surface area contributed by atoms with E-state index in [1.165, 1.54) is 6.92 Å². The average Bonchev–Trinajstić information content (AvgIpc) is 2.93. The molecule has 3 aromatic rings. The highest BCUT2D eigenvalue weighted by Gasteiger charge is 2.49. The maximum Gasteiger partial charge on any atom is 0.250 e. The van der Waals surface area contributed by atoms with Gasteiger partial charge < -0.3 is 25.4 Å². The molecule has 206 valence electrons. The first-order valence-corrected chi connectivity index (χ1v) is 13.7. The molecule has 3 aliphatic heterocycles. The van der Waals surface area contributed by atoms with Crippen LogP contribution in [-0.2, 0) is 27.3 Å². The maximum atomic E-state index is 13.8. The third-order valence-electron chi connectivity index (χ3n) is 8.20. The number of amides is 3. The van der Waals surface area contributed by atoms with Gasteiger partial charge in [0.2, 0.25) is 17.7 Å². The number of carbonyl (C=O) groups is 3. The largest absolute Gasteiger partial charge is 0.366 e. The number of nitrogens with one attached hydrogen (secondary N) is 3. The molecule has 3 aliphatic rings. The predicted molar refractivity (Wildman–Crippen MR) is 151 cm³/mol. The number of aromatic nitrogens is 2. The molecule has 10 heteroatoms. The zero-order valence-electron chi connectivity index (χ0n) is 22.3. The van der Waals surface area contributed by atoms with Crippen LogP contribution in [0.2, 0.25) is 0 Å². The molecule has 1 aromatic carbocycles. The average molecular weight is 541 g/mol. The number of fused-ring (bicyclic) bond motifs is 8. The molecule has 10 nitrogen and oxygen atoms in total. The highest BCUT2D eigenvalue weighted by molar-refractivity contribution is 5.91. The second kappa shape index (κ2) is 10.6. The Kier molecular flexibility index (Phi) is 6.83. The molecule has 6 rings (SSSR count). The van der Waals surface area contributed by atoms with E-state index in [1.807, 2.05) is 28.8 Å². The third-order valence-corrected chi connectivity index (χ3v) is 8.20. The van der Waals surface area contributed by atoms with Crippen LogP contribution in [0.25, 0.3) is 0 Å². The molecule has 40 heavy (non-hydrogen) atoms. The van der Waals surface area contributed by atoms with Crippen molar-refractivity contribution in [3.63, 3.8) is 0 Å². The minimum absolute atomic E-state index is 0.00303. The van der Waals surface area contributed by atoms with Gasteiger partial charge in [-0.3, -0.25) is 19.2 Å². The van der Waals surface area contributed by atoms with E-state index in [-0.39, 0.29) is 54.1 Å². The SMILES string of the molecule is CC(=O)Nc1ccc2c(c1)CC(C(=O)NCCC(=O)Nc1ccccn1)C1C3CC(CN21)Cn1c3cccc1=O. The van der Waals surface area contributed by atoms with Gasteiger partial charge in [0.25, 0.3) is 5.56 Å². The zero-order chi connectivity index (χ0) is 27.8. The molecule has 2 aromatic heterocycles. The van der Waals surface area contributed by atoms with Crippen LogP contribution in [0.15, 0.2) is 65.6 Å². The van der Waals surface area contributed by atoms with Crippen molar-refractivity contribution in [2.45, 2.75) is 44.7 Å². The van der Waals surface area contributed by atoms with Gasteiger partial charge in [-0.15, -0.1) is 0 Å². The zero-order valence-corrected chi connectivity index (χ0v) is 22.3. The van der Waals surface area contributed by atoms with E-state index in [0.717, 1.165) is 29.9 Å². The van der Waals surface area contributed by atoms with E-state index in [2.05, 4.69) is 25.8 Å². The summed E-state index contributed by atoms with van der Waals surface area (Å²) in [5, 5.41) is 8.60. The predicted octanol–water partition coefficient (Wildman–Crippen LogP) is 2.51. The minimum Gasteiger partial charge on any atom is -0.366 e. The Hall–Kier alpha value is -4.47. The van der Waals surface area contributed by atoms with Crippen molar-refractivity contribution < 1.29 is 14.4 Å². The van der Waals surface area contributed by atoms with E-state index >= 15 is 0 Å². The Morgan fingerprint density at radius 1 is 1.02 bits per heavy atom. The summed E-state index contributed by atoms with van der Waals surface area (Å²) < 4.78 is 1.88. The summed E-state index contributed by atoms with van der Waals surface area (Å²) in [5.74, 6) is -0.119. The Labute approximate surface area is 231 Å². The van der Waals surface area contributed by atoms with Gasteiger partial charge in [0.15, 0.2) is 0 Å². The summed E-state index contributed by atoms with van der Waals surface area (Å²) in [6.45, 7) is 3.07. The Morgan fingerprint density at radius 3 is 2.70 bits per heavy atom. The molecule has 4 unspecified atom stereocenters. The monoisotopic (exact) mass is 540 g/mol. The van der Waals surface area contributed by atoms with Crippen LogP contribution >= 0.6 is 0 Å². The molecule has 0 radical (unpaired) electrons. The Morgan fingerprint density at radius 2 is 1.90 bits per heavy atom. The number of hydrogen-bond acceptors (Lipinski definition) is 6. The number of rotatable bonds is 6. The van der Waals surface area contributed by atoms with Crippen LogP contribution in [0.3, 0.4) is 0 Å². The van der Waals surface area contributed by atoms with Gasteiger partial charge in [-0.05, 0) is 60.7 Å². The number of nitrogens with zero attached hydrogens (tertiary/aromatic N) is 3. The quantitative estimate of drug-likeness (QED) is 0.441. The van der Waals surface area contributed by atoms with Crippen molar-refractivity contribution in [1.29, 1.82) is 0 Å². The van der Waals surface area contributed by atoms with Crippen LogP contribution in [-0.4, -0.2) is 46.4 Å². The highest BCUT2D eigenvalue weighted by atomic mass is 16.2. The number of carbonyl (C=O) groups excluding carboxylic acids is 3. The molecule has 2 bridgehead atoms. The second-order valence-electron chi connectivity index (χ2n) is 10.9. The van der Waals surface area contributed by atoms with E-state index < -0.39 is 5.92 Å². The van der Waals surface area contributed by atoms with Crippen LogP contribution in [0.4, 0.5) is 17.2 Å². The standard InChI is InChI=1S/C30H32N6O4/c1-18(37)33-21-8-9-24-20(14-21)15-23(30(40)32-12-10-27(38)34-26-6-2-3-11-31-26)29-22-13-19(17-36(24)29)16-35-25(22)5-4-7-28(35)39/h2-9,11,14,19,22-23,29H,10,12-13,15-17H2,1H3,(H,32,40)(H,33,37)(H,31,34,38). The summed E-state index contributed by atoms with van der Waals surface area (Å²) >= 11 is 0. The summed E-state index contributed by atoms with van der Waals surface area (Å²) in [4.78, 5) is 57.1. The number of benzene rings is 1. The highest BCUT2D eigenvalue weighted by Crippen LogP contribution is 2.48. The lowest BCUT2D eigenvalue weighted by atomic mass is 9.69. The van der Waals surface area contributed by atoms with Crippen LogP contribution in [0.5, 0.6) is 0 Å². The van der Waals surface area contributed by atoms with Crippen LogP contribution in [0.1, 0.15) is 36.9 Å². The first kappa shape index (κ1) is 25.8. The Bertz CT molecular complexity index is 1520. The fourth-order valence-corrected chi connectivity index (χ4v) is 6.68. The number of piperidine rings is 1. The molecule has 3 N–H and O–H groups in total. The smallest absolute Gasteiger partial charge is 0.250 e. The molecule has 0 saturated carbocycles. The summed E-state index contributed by atoms with van der Waals surface area (Å²) in [7, 11) is 0. The Balaban J connectivity index is 1.27. The van der Waals surface area contributed by atoms with E-state index in [1.54, 1.807) is 36.5 Å². The van der Waals surface area contributed by atoms with E-state index in [9.17, 15) is 19.2 Å². The molecule has 1 saturated heterocycles. The fraction of sp³-hybridized carbons (Fsp3) is 0.367. The second-order valence-corrected chi connectivity index (χ2v) is 10.9. The molecular weight excluding hydrogens is 508 g/mol. The lowest BCUT2D eigenvalue weighted by molar-refractivity contribution is -0.126. The molecule has 0 spiro atoms. The molecular formula is C30H32N6O4. The van der Waals surface area contributed by atoms with Crippen LogP contribution < -0.4 is 26.4 Å². The van der Waals surface area contributed by atoms with Gasteiger partial charge in [0.1, 0.15) is 5.82 Å². The minimum atomic E-state index is -0.397. The number of pyridine rings is 2. The third kappa shape index (κ3) is 4.97. The van der Waals surface area contributed by atoms with Gasteiger partial charge in [-0.2, -0.15) is 0 Å². The van der Waals surface area contributed by atoms with Gasteiger partial charge in [-0.1, -0.05) is 12.1 Å². The summed E-state index contributed by atoms with van der Waals surface area (Å²) in [6.07, 6.45) is 3.14. The van der Waals surface area contributed by atoms with Crippen molar-refractivity contribution in [2.24, 2.45) is 11.8 Å².